The normalized spacial score (nSPS) is 8.94. The van der Waals surface area contributed by atoms with Gasteiger partial charge in [0.2, 0.25) is 0 Å². The zero-order valence-electron chi connectivity index (χ0n) is 9.00. The Balaban J connectivity index is 0.000000437. The Morgan fingerprint density at radius 2 is 0.882 bits per heavy atom. The van der Waals surface area contributed by atoms with Crippen molar-refractivity contribution in [2.75, 3.05) is 11.5 Å². The van der Waals surface area contributed by atoms with Crippen LogP contribution in [0.2, 0.25) is 0 Å². The third kappa shape index (κ3) is 4.08. The molecule has 5 heteroatoms. The lowest BCUT2D eigenvalue weighted by Crippen LogP contribution is -1.85. The summed E-state index contributed by atoms with van der Waals surface area (Å²) in [4.78, 5) is 0. The lowest BCUT2D eigenvalue weighted by atomic mass is 10.1. The summed E-state index contributed by atoms with van der Waals surface area (Å²) in [6, 6.07) is 15.6. The molecule has 2 aromatic rings. The Kier molecular flexibility index (Phi) is 4.90. The van der Waals surface area contributed by atoms with Crippen molar-refractivity contribution in [2.24, 2.45) is 0 Å². The minimum Gasteiger partial charge on any atom is -0.399 e. The van der Waals surface area contributed by atoms with Gasteiger partial charge in [-0.1, -0.05) is 24.3 Å². The average Bonchev–Trinajstić information content (AvgIpc) is 2.32. The molecule has 0 aliphatic carbocycles. The van der Waals surface area contributed by atoms with Crippen LogP contribution in [0.3, 0.4) is 0 Å². The fraction of sp³-hybridized carbons (Fsp3) is 0. The molecule has 4 nitrogen and oxygen atoms in total. The second-order valence-electron chi connectivity index (χ2n) is 3.31. The topological polar surface area (TPSA) is 86.2 Å². The Bertz CT molecular complexity index is 460. The second kappa shape index (κ2) is 6.44. The number of benzene rings is 2. The summed E-state index contributed by atoms with van der Waals surface area (Å²) in [6.45, 7) is 0. The van der Waals surface area contributed by atoms with E-state index in [1.54, 1.807) is 0 Å². The Hall–Kier alpha value is -2.14. The summed E-state index contributed by atoms with van der Waals surface area (Å²) >= 11 is -0.750. The zero-order valence-corrected chi connectivity index (χ0v) is 9.81. The van der Waals surface area contributed by atoms with E-state index in [1.165, 1.54) is 0 Å². The maximum Gasteiger partial charge on any atom is 0.335 e. The van der Waals surface area contributed by atoms with Crippen LogP contribution in [-0.2, 0) is 11.6 Å². The number of nitrogen functional groups attached to an aromatic ring is 2. The number of rotatable bonds is 1. The molecule has 0 bridgehead atoms. The Labute approximate surface area is 103 Å². The van der Waals surface area contributed by atoms with Crippen LogP contribution in [0, 0.1) is 0 Å². The van der Waals surface area contributed by atoms with Crippen molar-refractivity contribution in [1.82, 2.24) is 0 Å². The molecule has 0 heterocycles. The van der Waals surface area contributed by atoms with Crippen molar-refractivity contribution in [1.29, 1.82) is 0 Å². The van der Waals surface area contributed by atoms with Crippen molar-refractivity contribution < 1.29 is 8.42 Å². The van der Waals surface area contributed by atoms with Gasteiger partial charge in [-0.25, -0.2) is 0 Å². The van der Waals surface area contributed by atoms with Gasteiger partial charge >= 0.3 is 11.6 Å². The van der Waals surface area contributed by atoms with E-state index < -0.39 is 11.6 Å². The molecule has 4 N–H and O–H groups in total. The van der Waals surface area contributed by atoms with Crippen molar-refractivity contribution >= 4 is 22.9 Å². The van der Waals surface area contributed by atoms with Gasteiger partial charge in [0.05, 0.1) is 0 Å². The van der Waals surface area contributed by atoms with Crippen LogP contribution in [0.25, 0.3) is 11.1 Å². The van der Waals surface area contributed by atoms with Gasteiger partial charge in [0.1, 0.15) is 0 Å². The summed E-state index contributed by atoms with van der Waals surface area (Å²) in [5, 5.41) is 0. The monoisotopic (exact) mass is 248 g/mol. The highest BCUT2D eigenvalue weighted by Gasteiger charge is 1.95. The maximum absolute atomic E-state index is 8.29. The van der Waals surface area contributed by atoms with Gasteiger partial charge in [-0.05, 0) is 35.4 Å². The summed E-state index contributed by atoms with van der Waals surface area (Å²) in [6.07, 6.45) is 0. The molecule has 0 unspecified atom stereocenters. The van der Waals surface area contributed by atoms with E-state index in [-0.39, 0.29) is 0 Å². The molecule has 17 heavy (non-hydrogen) atoms. The van der Waals surface area contributed by atoms with Crippen LogP contribution < -0.4 is 11.5 Å². The first-order valence-corrected chi connectivity index (χ1v) is 5.47. The fourth-order valence-corrected chi connectivity index (χ4v) is 1.35. The summed E-state index contributed by atoms with van der Waals surface area (Å²) in [5.74, 6) is 0. The molecule has 0 amide bonds. The van der Waals surface area contributed by atoms with E-state index in [4.69, 9.17) is 19.9 Å². The fourth-order valence-electron chi connectivity index (χ4n) is 1.35. The predicted molar refractivity (Wildman–Crippen MR) is 69.6 cm³/mol. The van der Waals surface area contributed by atoms with Crippen LogP contribution in [-0.4, -0.2) is 8.42 Å². The molecule has 0 saturated heterocycles. The largest absolute Gasteiger partial charge is 0.399 e. The lowest BCUT2D eigenvalue weighted by Gasteiger charge is -2.02. The van der Waals surface area contributed by atoms with E-state index in [0.29, 0.717) is 0 Å². The minimum absolute atomic E-state index is 0.750. The van der Waals surface area contributed by atoms with Crippen molar-refractivity contribution in [2.45, 2.75) is 0 Å². The number of hydrogen-bond acceptors (Lipinski definition) is 4. The number of hydrogen-bond donors (Lipinski definition) is 2. The van der Waals surface area contributed by atoms with Crippen LogP contribution in [0.15, 0.2) is 48.5 Å². The highest BCUT2D eigenvalue weighted by atomic mass is 32.1. The van der Waals surface area contributed by atoms with Gasteiger partial charge in [-0.3, -0.25) is 0 Å². The van der Waals surface area contributed by atoms with Gasteiger partial charge in [0, 0.05) is 11.4 Å². The first kappa shape index (κ1) is 12.9. The second-order valence-corrected chi connectivity index (χ2v) is 3.45. The molecule has 0 aliphatic rings. The number of anilines is 2. The molecule has 2 aromatic carbocycles. The first-order valence-electron chi connectivity index (χ1n) is 4.80. The van der Waals surface area contributed by atoms with Gasteiger partial charge in [0.15, 0.2) is 0 Å². The summed E-state index contributed by atoms with van der Waals surface area (Å²) < 4.78 is 16.6. The number of nitrogens with two attached hydrogens (primary N) is 2. The van der Waals surface area contributed by atoms with E-state index >= 15 is 0 Å². The van der Waals surface area contributed by atoms with Crippen molar-refractivity contribution in [3.05, 3.63) is 48.5 Å². The molecule has 0 spiro atoms. The maximum atomic E-state index is 8.29. The predicted octanol–water partition coefficient (Wildman–Crippen LogP) is 1.85. The SMILES string of the molecule is Nc1ccc(-c2ccc(N)cc2)cc1.O=S=O. The standard InChI is InChI=1S/C12H12N2.O2S/c13-11-5-1-9(2-6-11)10-3-7-12(14)8-4-10;1-3-2/h1-8H,13-14H2;. The smallest absolute Gasteiger partial charge is 0.335 e. The highest BCUT2D eigenvalue weighted by Crippen LogP contribution is 2.21. The molecule has 0 radical (unpaired) electrons. The quantitative estimate of drug-likeness (QED) is 0.754. The van der Waals surface area contributed by atoms with E-state index in [0.717, 1.165) is 22.5 Å². The molecule has 0 aliphatic heterocycles. The molecule has 0 aromatic heterocycles. The molecule has 2 rings (SSSR count). The van der Waals surface area contributed by atoms with Gasteiger partial charge in [-0.15, -0.1) is 0 Å². The van der Waals surface area contributed by atoms with Gasteiger partial charge in [-0.2, -0.15) is 8.42 Å². The minimum atomic E-state index is -0.750. The van der Waals surface area contributed by atoms with E-state index in [9.17, 15) is 0 Å². The lowest BCUT2D eigenvalue weighted by molar-refractivity contribution is 0.630. The Morgan fingerprint density at radius 1 is 0.647 bits per heavy atom. The van der Waals surface area contributed by atoms with Crippen LogP contribution in [0.4, 0.5) is 11.4 Å². The first-order chi connectivity index (χ1) is 8.17. The molecule has 0 saturated carbocycles. The zero-order chi connectivity index (χ0) is 12.7. The van der Waals surface area contributed by atoms with Gasteiger partial charge in [0.25, 0.3) is 0 Å². The summed E-state index contributed by atoms with van der Waals surface area (Å²) in [7, 11) is 0. The van der Waals surface area contributed by atoms with Gasteiger partial charge < -0.3 is 11.5 Å². The molecule has 0 atom stereocenters. The Morgan fingerprint density at radius 3 is 1.12 bits per heavy atom. The summed E-state index contributed by atoms with van der Waals surface area (Å²) in [5.41, 5.74) is 15.1. The molecular weight excluding hydrogens is 236 g/mol. The van der Waals surface area contributed by atoms with Crippen LogP contribution in [0.1, 0.15) is 0 Å². The van der Waals surface area contributed by atoms with Crippen molar-refractivity contribution in [3.63, 3.8) is 0 Å². The molecular formula is C12H12N2O2S. The molecule has 0 fully saturated rings. The third-order valence-electron chi connectivity index (χ3n) is 2.15. The van der Waals surface area contributed by atoms with Crippen LogP contribution >= 0.6 is 0 Å². The third-order valence-corrected chi connectivity index (χ3v) is 2.15. The van der Waals surface area contributed by atoms with E-state index in [2.05, 4.69) is 0 Å². The highest BCUT2D eigenvalue weighted by molar-refractivity contribution is 7.51. The molecule has 88 valence electrons. The van der Waals surface area contributed by atoms with Crippen molar-refractivity contribution in [3.8, 4) is 11.1 Å². The van der Waals surface area contributed by atoms with Crippen LogP contribution in [0.5, 0.6) is 0 Å². The average molecular weight is 248 g/mol. The van der Waals surface area contributed by atoms with E-state index in [1.807, 2.05) is 48.5 Å².